The number of hydrogen-bond donors (Lipinski definition) is 0. The van der Waals surface area contributed by atoms with Gasteiger partial charge in [-0.3, -0.25) is 0 Å². The van der Waals surface area contributed by atoms with Gasteiger partial charge in [0.05, 0.1) is 4.47 Å². The minimum Gasteiger partial charge on any atom is -0.436 e. The van der Waals surface area contributed by atoms with Gasteiger partial charge in [-0.05, 0) is 40.2 Å². The van der Waals surface area contributed by atoms with E-state index in [1.807, 2.05) is 0 Å². The number of alkyl halides is 3. The SMILES string of the molecule is Fc1ccc(Oc2ccc3nnc(C(F)(F)F)n3n2)c(Br)c1. The molecule has 0 aliphatic rings. The van der Waals surface area contributed by atoms with Gasteiger partial charge in [-0.15, -0.1) is 15.3 Å². The Morgan fingerprint density at radius 2 is 1.86 bits per heavy atom. The van der Waals surface area contributed by atoms with Crippen LogP contribution in [0.4, 0.5) is 17.6 Å². The van der Waals surface area contributed by atoms with Crippen LogP contribution in [0.25, 0.3) is 5.65 Å². The Morgan fingerprint density at radius 1 is 1.09 bits per heavy atom. The van der Waals surface area contributed by atoms with Gasteiger partial charge in [-0.2, -0.15) is 17.7 Å². The maximum atomic E-state index is 13.0. The van der Waals surface area contributed by atoms with Crippen molar-refractivity contribution in [3.8, 4) is 11.6 Å². The Bertz CT molecular complexity index is 849. The molecule has 10 heteroatoms. The van der Waals surface area contributed by atoms with Crippen molar-refractivity contribution in [3.05, 3.63) is 46.4 Å². The molecular formula is C12H5BrF4N4O. The van der Waals surface area contributed by atoms with Gasteiger partial charge in [0, 0.05) is 6.07 Å². The molecule has 114 valence electrons. The van der Waals surface area contributed by atoms with Crippen LogP contribution < -0.4 is 4.74 Å². The largest absolute Gasteiger partial charge is 0.453 e. The summed E-state index contributed by atoms with van der Waals surface area (Å²) in [6.45, 7) is 0. The monoisotopic (exact) mass is 376 g/mol. The van der Waals surface area contributed by atoms with Crippen LogP contribution in [0.15, 0.2) is 34.8 Å². The summed E-state index contributed by atoms with van der Waals surface area (Å²) in [7, 11) is 0. The quantitative estimate of drug-likeness (QED) is 0.637. The predicted octanol–water partition coefficient (Wildman–Crippen LogP) is 3.84. The first-order valence-corrected chi connectivity index (χ1v) is 6.56. The van der Waals surface area contributed by atoms with Crippen LogP contribution in [-0.4, -0.2) is 19.8 Å². The first-order chi connectivity index (χ1) is 10.3. The molecule has 3 rings (SSSR count). The average Bonchev–Trinajstić information content (AvgIpc) is 2.85. The van der Waals surface area contributed by atoms with E-state index < -0.39 is 17.8 Å². The molecule has 2 heterocycles. The van der Waals surface area contributed by atoms with Crippen LogP contribution in [0, 0.1) is 5.82 Å². The lowest BCUT2D eigenvalue weighted by Crippen LogP contribution is -2.12. The topological polar surface area (TPSA) is 52.3 Å². The van der Waals surface area contributed by atoms with Crippen LogP contribution in [0.3, 0.4) is 0 Å². The summed E-state index contributed by atoms with van der Waals surface area (Å²) in [5.74, 6) is -1.66. The second-order valence-corrected chi connectivity index (χ2v) is 4.99. The molecule has 0 aliphatic heterocycles. The fourth-order valence-corrected chi connectivity index (χ4v) is 2.11. The molecule has 1 aromatic carbocycles. The number of ether oxygens (including phenoxy) is 1. The number of halogens is 5. The summed E-state index contributed by atoms with van der Waals surface area (Å²) in [6, 6.07) is 6.25. The van der Waals surface area contributed by atoms with Crippen LogP contribution in [0.5, 0.6) is 11.6 Å². The molecule has 0 bridgehead atoms. The third-order valence-corrected chi connectivity index (χ3v) is 3.22. The van der Waals surface area contributed by atoms with Crippen molar-refractivity contribution in [1.29, 1.82) is 0 Å². The van der Waals surface area contributed by atoms with Crippen LogP contribution in [0.2, 0.25) is 0 Å². The number of aromatic nitrogens is 4. The Hall–Kier alpha value is -2.23. The van der Waals surface area contributed by atoms with Gasteiger partial charge in [-0.1, -0.05) is 0 Å². The fourth-order valence-electron chi connectivity index (χ4n) is 1.67. The van der Waals surface area contributed by atoms with E-state index in [4.69, 9.17) is 4.74 Å². The number of nitrogens with zero attached hydrogens (tertiary/aromatic N) is 4. The van der Waals surface area contributed by atoms with E-state index in [9.17, 15) is 17.6 Å². The highest BCUT2D eigenvalue weighted by atomic mass is 79.9. The van der Waals surface area contributed by atoms with Crippen molar-refractivity contribution in [2.45, 2.75) is 6.18 Å². The van der Waals surface area contributed by atoms with Gasteiger partial charge < -0.3 is 4.74 Å². The summed E-state index contributed by atoms with van der Waals surface area (Å²) in [5, 5.41) is 10.1. The molecule has 0 unspecified atom stereocenters. The first kappa shape index (κ1) is 14.7. The molecule has 0 atom stereocenters. The zero-order valence-electron chi connectivity index (χ0n) is 10.5. The van der Waals surface area contributed by atoms with Gasteiger partial charge in [0.2, 0.25) is 5.88 Å². The molecule has 0 radical (unpaired) electrons. The second kappa shape index (κ2) is 5.20. The lowest BCUT2D eigenvalue weighted by molar-refractivity contribution is -0.146. The normalized spacial score (nSPS) is 11.9. The maximum absolute atomic E-state index is 13.0. The average molecular weight is 377 g/mol. The van der Waals surface area contributed by atoms with E-state index in [1.54, 1.807) is 0 Å². The van der Waals surface area contributed by atoms with Crippen molar-refractivity contribution in [2.75, 3.05) is 0 Å². The van der Waals surface area contributed by atoms with Crippen molar-refractivity contribution in [3.63, 3.8) is 0 Å². The van der Waals surface area contributed by atoms with Crippen molar-refractivity contribution < 1.29 is 22.3 Å². The Balaban J connectivity index is 2.01. The molecule has 0 spiro atoms. The third-order valence-electron chi connectivity index (χ3n) is 2.60. The number of fused-ring (bicyclic) bond motifs is 1. The Kier molecular flexibility index (Phi) is 3.47. The van der Waals surface area contributed by atoms with Crippen LogP contribution >= 0.6 is 15.9 Å². The summed E-state index contributed by atoms with van der Waals surface area (Å²) in [4.78, 5) is 0. The number of rotatable bonds is 2. The molecule has 0 saturated carbocycles. The molecule has 22 heavy (non-hydrogen) atoms. The second-order valence-electron chi connectivity index (χ2n) is 4.14. The zero-order valence-corrected chi connectivity index (χ0v) is 12.1. The molecule has 3 aromatic rings. The molecule has 0 fully saturated rings. The summed E-state index contributed by atoms with van der Waals surface area (Å²) < 4.78 is 57.5. The third kappa shape index (κ3) is 2.73. The standard InChI is InChI=1S/C12H5BrF4N4O/c13-7-5-6(14)1-2-8(7)22-10-4-3-9-18-19-11(12(15,16)17)21(9)20-10/h1-5H. The summed E-state index contributed by atoms with van der Waals surface area (Å²) >= 11 is 3.09. The zero-order chi connectivity index (χ0) is 15.9. The van der Waals surface area contributed by atoms with E-state index in [-0.39, 0.29) is 17.3 Å². The highest BCUT2D eigenvalue weighted by molar-refractivity contribution is 9.10. The van der Waals surface area contributed by atoms with Crippen molar-refractivity contribution in [1.82, 2.24) is 19.8 Å². The van der Waals surface area contributed by atoms with E-state index in [1.165, 1.54) is 18.2 Å². The summed E-state index contributed by atoms with van der Waals surface area (Å²) in [6.07, 6.45) is -4.69. The predicted molar refractivity (Wildman–Crippen MR) is 70.0 cm³/mol. The smallest absolute Gasteiger partial charge is 0.436 e. The minimum atomic E-state index is -4.69. The highest BCUT2D eigenvalue weighted by Crippen LogP contribution is 2.31. The molecule has 0 aliphatic carbocycles. The van der Waals surface area contributed by atoms with E-state index in [2.05, 4.69) is 31.2 Å². The van der Waals surface area contributed by atoms with Crippen molar-refractivity contribution in [2.24, 2.45) is 0 Å². The van der Waals surface area contributed by atoms with Crippen molar-refractivity contribution >= 4 is 21.6 Å². The van der Waals surface area contributed by atoms with Gasteiger partial charge in [0.25, 0.3) is 5.82 Å². The first-order valence-electron chi connectivity index (χ1n) is 5.77. The van der Waals surface area contributed by atoms with Gasteiger partial charge in [-0.25, -0.2) is 4.39 Å². The van der Waals surface area contributed by atoms with E-state index in [0.29, 0.717) is 8.99 Å². The molecule has 5 nitrogen and oxygen atoms in total. The molecule has 0 N–H and O–H groups in total. The number of benzene rings is 1. The molecule has 0 amide bonds. The molecular weight excluding hydrogens is 372 g/mol. The lowest BCUT2D eigenvalue weighted by Gasteiger charge is -2.08. The minimum absolute atomic E-state index is 0.0714. The molecule has 2 aromatic heterocycles. The summed E-state index contributed by atoms with van der Waals surface area (Å²) in [5.41, 5.74) is -0.0714. The Labute approximate surface area is 128 Å². The lowest BCUT2D eigenvalue weighted by atomic mass is 10.3. The van der Waals surface area contributed by atoms with Crippen LogP contribution in [0.1, 0.15) is 5.82 Å². The van der Waals surface area contributed by atoms with Crippen LogP contribution in [-0.2, 0) is 6.18 Å². The van der Waals surface area contributed by atoms with Gasteiger partial charge in [0.15, 0.2) is 5.65 Å². The highest BCUT2D eigenvalue weighted by Gasteiger charge is 2.37. The van der Waals surface area contributed by atoms with E-state index in [0.717, 1.165) is 12.1 Å². The van der Waals surface area contributed by atoms with E-state index >= 15 is 0 Å². The Morgan fingerprint density at radius 3 is 2.55 bits per heavy atom. The molecule has 0 saturated heterocycles. The maximum Gasteiger partial charge on any atom is 0.453 e. The van der Waals surface area contributed by atoms with Gasteiger partial charge >= 0.3 is 6.18 Å². The van der Waals surface area contributed by atoms with Gasteiger partial charge in [0.1, 0.15) is 11.6 Å². The fraction of sp³-hybridized carbons (Fsp3) is 0.0833. The number of hydrogen-bond acceptors (Lipinski definition) is 4.